The maximum Gasteiger partial charge on any atom is 0.161 e. The molecule has 2 aromatic carbocycles. The molecule has 0 amide bonds. The van der Waals surface area contributed by atoms with E-state index in [1.807, 2.05) is 28.8 Å². The number of nitrogens with zero attached hydrogens (tertiary/aromatic N) is 2. The first-order valence-corrected chi connectivity index (χ1v) is 11.0. The zero-order chi connectivity index (χ0) is 23.1. The summed E-state index contributed by atoms with van der Waals surface area (Å²) in [6.45, 7) is 8.75. The smallest absolute Gasteiger partial charge is 0.161 e. The van der Waals surface area contributed by atoms with E-state index in [-0.39, 0.29) is 0 Å². The van der Waals surface area contributed by atoms with Gasteiger partial charge in [-0.25, -0.2) is 4.52 Å². The molecule has 0 unspecified atom stereocenters. The first-order valence-electron chi connectivity index (χ1n) is 11.0. The highest BCUT2D eigenvalue weighted by Crippen LogP contribution is 2.32. The second-order valence-corrected chi connectivity index (χ2v) is 9.44. The van der Waals surface area contributed by atoms with E-state index in [9.17, 15) is 0 Å². The van der Waals surface area contributed by atoms with Crippen molar-refractivity contribution in [2.75, 3.05) is 14.2 Å². The maximum atomic E-state index is 5.44. The molecule has 4 rings (SSSR count). The van der Waals surface area contributed by atoms with Crippen molar-refractivity contribution in [3.8, 4) is 22.8 Å². The highest BCUT2D eigenvalue weighted by Gasteiger charge is 2.11. The van der Waals surface area contributed by atoms with Gasteiger partial charge in [0.25, 0.3) is 0 Å². The first kappa shape index (κ1) is 23.4. The second-order valence-electron chi connectivity index (χ2n) is 9.44. The number of aryl methyl sites for hydroxylation is 2. The maximum absolute atomic E-state index is 5.44. The fourth-order valence-corrected chi connectivity index (χ4v) is 3.29. The predicted octanol–water partition coefficient (Wildman–Crippen LogP) is 6.86. The predicted molar refractivity (Wildman–Crippen MR) is 133 cm³/mol. The van der Waals surface area contributed by atoms with Crippen LogP contribution >= 0.6 is 0 Å². The lowest BCUT2D eigenvalue weighted by Gasteiger charge is -2.10. The summed E-state index contributed by atoms with van der Waals surface area (Å²) in [6, 6.07) is 24.8. The fourth-order valence-electron chi connectivity index (χ4n) is 3.29. The topological polar surface area (TPSA) is 35.8 Å². The van der Waals surface area contributed by atoms with E-state index in [0.29, 0.717) is 11.2 Å². The molecule has 4 heteroatoms. The fraction of sp³-hybridized carbons (Fsp3) is 0.321. The van der Waals surface area contributed by atoms with Gasteiger partial charge in [-0.05, 0) is 66.3 Å². The van der Waals surface area contributed by atoms with Gasteiger partial charge in [0.2, 0.25) is 0 Å². The minimum atomic E-state index is 0.500. The molecule has 0 aliphatic rings. The van der Waals surface area contributed by atoms with E-state index < -0.39 is 0 Å². The molecule has 0 aliphatic heterocycles. The molecule has 0 saturated heterocycles. The Hall–Kier alpha value is -3.27. The Bertz CT molecular complexity index is 1140. The molecule has 0 radical (unpaired) electrons. The summed E-state index contributed by atoms with van der Waals surface area (Å²) in [6.07, 6.45) is 1.88. The largest absolute Gasteiger partial charge is 0.493 e. The van der Waals surface area contributed by atoms with E-state index in [1.165, 1.54) is 5.56 Å². The summed E-state index contributed by atoms with van der Waals surface area (Å²) >= 11 is 0. The summed E-state index contributed by atoms with van der Waals surface area (Å²) < 4.78 is 12.8. The van der Waals surface area contributed by atoms with Crippen molar-refractivity contribution in [2.24, 2.45) is 5.41 Å². The van der Waals surface area contributed by atoms with Gasteiger partial charge in [0, 0.05) is 5.56 Å². The number of methoxy groups -OCH3 is 2. The van der Waals surface area contributed by atoms with Gasteiger partial charge >= 0.3 is 0 Å². The van der Waals surface area contributed by atoms with E-state index in [2.05, 4.69) is 76.2 Å². The number of benzene rings is 2. The van der Waals surface area contributed by atoms with Crippen molar-refractivity contribution >= 4 is 5.52 Å². The molecule has 2 aromatic heterocycles. The quantitative estimate of drug-likeness (QED) is 0.335. The molecule has 168 valence electrons. The summed E-state index contributed by atoms with van der Waals surface area (Å²) in [4.78, 5) is 0. The Labute approximate surface area is 191 Å². The Balaban J connectivity index is 0.000000523. The molecule has 0 bridgehead atoms. The summed E-state index contributed by atoms with van der Waals surface area (Å²) in [5.74, 6) is 1.43. The van der Waals surface area contributed by atoms with Gasteiger partial charge in [-0.15, -0.1) is 0 Å². The van der Waals surface area contributed by atoms with E-state index >= 15 is 0 Å². The van der Waals surface area contributed by atoms with Crippen LogP contribution in [0.1, 0.15) is 39.0 Å². The van der Waals surface area contributed by atoms with E-state index in [4.69, 9.17) is 14.6 Å². The Morgan fingerprint density at radius 3 is 2.06 bits per heavy atom. The molecule has 0 saturated carbocycles. The number of aromatic nitrogens is 2. The van der Waals surface area contributed by atoms with Crippen LogP contribution < -0.4 is 9.47 Å². The minimum Gasteiger partial charge on any atom is -0.493 e. The number of rotatable bonds is 6. The number of ether oxygens (including phenoxy) is 2. The lowest BCUT2D eigenvalue weighted by atomic mass is 10.0. The van der Waals surface area contributed by atoms with Crippen LogP contribution in [0.2, 0.25) is 0 Å². The van der Waals surface area contributed by atoms with Crippen molar-refractivity contribution < 1.29 is 9.47 Å². The molecular formula is C28H34N2O2. The average Bonchev–Trinajstić information content (AvgIpc) is 3.20. The van der Waals surface area contributed by atoms with Crippen LogP contribution in [0.25, 0.3) is 16.8 Å². The zero-order valence-electron chi connectivity index (χ0n) is 20.1. The second kappa shape index (κ2) is 10.4. The molecule has 32 heavy (non-hydrogen) atoms. The van der Waals surface area contributed by atoms with Gasteiger partial charge in [-0.1, -0.05) is 58.0 Å². The number of hydrogen-bond acceptors (Lipinski definition) is 3. The summed E-state index contributed by atoms with van der Waals surface area (Å²) in [7, 11) is 3.29. The molecule has 0 N–H and O–H groups in total. The average molecular weight is 431 g/mol. The standard InChI is InChI=1S/C23H22N2O2.C5H12/c1-26-22-15-9-18(16-23(22)27-2)21-14-13-20-12-11-19(24-25(20)21)10-8-17-6-4-3-5-7-17;1-5(2,3)4/h3-7,9,11-16H,8,10H2,1-2H3;1-4H3. The highest BCUT2D eigenvalue weighted by molar-refractivity contribution is 5.69. The van der Waals surface area contributed by atoms with Crippen molar-refractivity contribution in [1.29, 1.82) is 0 Å². The van der Waals surface area contributed by atoms with Crippen LogP contribution in [-0.2, 0) is 12.8 Å². The molecule has 0 spiro atoms. The van der Waals surface area contributed by atoms with Crippen molar-refractivity contribution in [1.82, 2.24) is 9.61 Å². The molecule has 0 aliphatic carbocycles. The summed E-state index contributed by atoms with van der Waals surface area (Å²) in [5.41, 5.74) is 6.05. The summed E-state index contributed by atoms with van der Waals surface area (Å²) in [5, 5.41) is 4.87. The number of fused-ring (bicyclic) bond motifs is 1. The molecule has 0 fully saturated rings. The van der Waals surface area contributed by atoms with Gasteiger partial charge in [-0.3, -0.25) is 0 Å². The van der Waals surface area contributed by atoms with Gasteiger partial charge in [-0.2, -0.15) is 5.10 Å². The van der Waals surface area contributed by atoms with Crippen molar-refractivity contribution in [2.45, 2.75) is 40.5 Å². The first-order chi connectivity index (χ1) is 15.3. The number of hydrogen-bond donors (Lipinski definition) is 0. The lowest BCUT2D eigenvalue weighted by molar-refractivity contribution is 0.355. The zero-order valence-corrected chi connectivity index (χ0v) is 20.1. The Kier molecular flexibility index (Phi) is 7.57. The van der Waals surface area contributed by atoms with Crippen LogP contribution in [0.15, 0.2) is 72.8 Å². The van der Waals surface area contributed by atoms with Crippen LogP contribution in [-0.4, -0.2) is 23.8 Å². The third kappa shape index (κ3) is 6.36. The van der Waals surface area contributed by atoms with E-state index in [1.54, 1.807) is 14.2 Å². The normalized spacial score (nSPS) is 11.1. The van der Waals surface area contributed by atoms with E-state index in [0.717, 1.165) is 41.1 Å². The molecule has 2 heterocycles. The Morgan fingerprint density at radius 1 is 0.750 bits per heavy atom. The van der Waals surface area contributed by atoms with Crippen LogP contribution in [0.3, 0.4) is 0 Å². The van der Waals surface area contributed by atoms with Crippen molar-refractivity contribution in [3.63, 3.8) is 0 Å². The van der Waals surface area contributed by atoms with Gasteiger partial charge in [0.15, 0.2) is 11.5 Å². The molecular weight excluding hydrogens is 396 g/mol. The molecule has 4 nitrogen and oxygen atoms in total. The molecule has 4 aromatic rings. The van der Waals surface area contributed by atoms with Gasteiger partial charge in [0.05, 0.1) is 31.1 Å². The van der Waals surface area contributed by atoms with Crippen LogP contribution in [0, 0.1) is 5.41 Å². The third-order valence-electron chi connectivity index (χ3n) is 4.75. The Morgan fingerprint density at radius 2 is 1.41 bits per heavy atom. The SMILES string of the molecule is CC(C)(C)C.COc1ccc(-c2ccc3ccc(CCc4ccccc4)nn23)cc1OC. The van der Waals surface area contributed by atoms with Crippen LogP contribution in [0.4, 0.5) is 0 Å². The van der Waals surface area contributed by atoms with Gasteiger partial charge < -0.3 is 9.47 Å². The lowest BCUT2D eigenvalue weighted by Crippen LogP contribution is -2.01. The van der Waals surface area contributed by atoms with Crippen LogP contribution in [0.5, 0.6) is 11.5 Å². The molecule has 0 atom stereocenters. The highest BCUT2D eigenvalue weighted by atomic mass is 16.5. The third-order valence-corrected chi connectivity index (χ3v) is 4.75. The minimum absolute atomic E-state index is 0.500. The monoisotopic (exact) mass is 430 g/mol. The van der Waals surface area contributed by atoms with Crippen molar-refractivity contribution in [3.05, 3.63) is 84.1 Å². The van der Waals surface area contributed by atoms with Gasteiger partial charge in [0.1, 0.15) is 0 Å².